The Labute approximate surface area is 143 Å². The Morgan fingerprint density at radius 3 is 2.35 bits per heavy atom. The number of carbonyl (C=O) groups is 2. The van der Waals surface area contributed by atoms with Gasteiger partial charge in [-0.25, -0.2) is 0 Å². The predicted octanol–water partition coefficient (Wildman–Crippen LogP) is 3.13. The number of benzene rings is 1. The Kier molecular flexibility index (Phi) is 7.52. The molecule has 0 aliphatic carbocycles. The van der Waals surface area contributed by atoms with Crippen LogP contribution in [0.3, 0.4) is 0 Å². The van der Waals surface area contributed by atoms with Crippen LogP contribution in [0, 0.1) is 5.92 Å². The van der Waals surface area contributed by atoms with Gasteiger partial charge in [-0.15, -0.1) is 0 Å². The van der Waals surface area contributed by atoms with Gasteiger partial charge in [0.2, 0.25) is 5.91 Å². The molecule has 0 radical (unpaired) electrons. The minimum atomic E-state index is -0.573. The van der Waals surface area contributed by atoms with Crippen molar-refractivity contribution in [1.82, 2.24) is 4.90 Å². The van der Waals surface area contributed by atoms with E-state index in [0.717, 1.165) is 6.42 Å². The summed E-state index contributed by atoms with van der Waals surface area (Å²) in [6, 6.07) is 4.31. The summed E-state index contributed by atoms with van der Waals surface area (Å²) >= 11 is 6.21. The van der Waals surface area contributed by atoms with Gasteiger partial charge in [-0.05, 0) is 38.0 Å². The van der Waals surface area contributed by atoms with Crippen molar-refractivity contribution in [3.05, 3.63) is 28.8 Å². The van der Waals surface area contributed by atoms with Crippen molar-refractivity contribution in [2.24, 2.45) is 11.7 Å². The molecule has 0 aliphatic rings. The van der Waals surface area contributed by atoms with E-state index in [1.54, 1.807) is 23.1 Å². The van der Waals surface area contributed by atoms with E-state index in [1.807, 2.05) is 27.7 Å². The number of nitrogens with two attached hydrogens (primary N) is 1. The second-order valence-corrected chi connectivity index (χ2v) is 5.98. The SMILES string of the molecule is CCC(C)C(N)C(=O)Nc1ccc(C(=O)N(CC)CC)c(Cl)c1. The molecule has 2 atom stereocenters. The molecular weight excluding hydrogens is 314 g/mol. The average molecular weight is 340 g/mol. The molecule has 0 aromatic heterocycles. The molecular formula is C17H26ClN3O2. The Hall–Kier alpha value is -1.59. The summed E-state index contributed by atoms with van der Waals surface area (Å²) in [7, 11) is 0. The Bertz CT molecular complexity index is 559. The van der Waals surface area contributed by atoms with E-state index in [4.69, 9.17) is 17.3 Å². The topological polar surface area (TPSA) is 75.4 Å². The largest absolute Gasteiger partial charge is 0.339 e. The van der Waals surface area contributed by atoms with Crippen molar-refractivity contribution in [2.45, 2.75) is 40.2 Å². The van der Waals surface area contributed by atoms with E-state index in [-0.39, 0.29) is 17.7 Å². The number of carbonyl (C=O) groups excluding carboxylic acids is 2. The van der Waals surface area contributed by atoms with E-state index in [2.05, 4.69) is 5.32 Å². The Morgan fingerprint density at radius 1 is 1.26 bits per heavy atom. The highest BCUT2D eigenvalue weighted by Gasteiger charge is 2.20. The molecule has 1 rings (SSSR count). The first kappa shape index (κ1) is 19.5. The number of hydrogen-bond donors (Lipinski definition) is 2. The van der Waals surface area contributed by atoms with Gasteiger partial charge in [-0.3, -0.25) is 9.59 Å². The Balaban J connectivity index is 2.88. The number of halogens is 1. The third-order valence-electron chi connectivity index (χ3n) is 4.08. The van der Waals surface area contributed by atoms with Crippen molar-refractivity contribution in [2.75, 3.05) is 18.4 Å². The molecule has 0 bridgehead atoms. The maximum absolute atomic E-state index is 12.3. The molecule has 23 heavy (non-hydrogen) atoms. The molecule has 1 aromatic rings. The highest BCUT2D eigenvalue weighted by molar-refractivity contribution is 6.34. The van der Waals surface area contributed by atoms with Gasteiger partial charge in [0.05, 0.1) is 16.6 Å². The standard InChI is InChI=1S/C17H26ClN3O2/c1-5-11(4)15(19)16(22)20-12-8-9-13(14(18)10-12)17(23)21(6-2)7-3/h8-11,15H,5-7,19H2,1-4H3,(H,20,22). The number of nitrogens with one attached hydrogen (secondary N) is 1. The molecule has 2 amide bonds. The van der Waals surface area contributed by atoms with Gasteiger partial charge in [0.15, 0.2) is 0 Å². The van der Waals surface area contributed by atoms with Crippen LogP contribution in [-0.4, -0.2) is 35.8 Å². The fourth-order valence-corrected chi connectivity index (χ4v) is 2.45. The van der Waals surface area contributed by atoms with Crippen LogP contribution in [0.4, 0.5) is 5.69 Å². The maximum Gasteiger partial charge on any atom is 0.255 e. The first-order valence-corrected chi connectivity index (χ1v) is 8.38. The van der Waals surface area contributed by atoms with Crippen LogP contribution in [-0.2, 0) is 4.79 Å². The van der Waals surface area contributed by atoms with Crippen LogP contribution in [0.15, 0.2) is 18.2 Å². The van der Waals surface area contributed by atoms with Crippen LogP contribution >= 0.6 is 11.6 Å². The number of amides is 2. The van der Waals surface area contributed by atoms with Crippen molar-refractivity contribution in [1.29, 1.82) is 0 Å². The summed E-state index contributed by atoms with van der Waals surface area (Å²) < 4.78 is 0. The molecule has 0 heterocycles. The molecule has 1 aromatic carbocycles. The van der Waals surface area contributed by atoms with E-state index in [9.17, 15) is 9.59 Å². The van der Waals surface area contributed by atoms with E-state index in [1.165, 1.54) is 0 Å². The highest BCUT2D eigenvalue weighted by Crippen LogP contribution is 2.23. The minimum absolute atomic E-state index is 0.0917. The lowest BCUT2D eigenvalue weighted by atomic mass is 9.99. The second kappa shape index (κ2) is 8.89. The predicted molar refractivity (Wildman–Crippen MR) is 94.8 cm³/mol. The zero-order valence-corrected chi connectivity index (χ0v) is 15.0. The molecule has 5 nitrogen and oxygen atoms in total. The van der Waals surface area contributed by atoms with Gasteiger partial charge in [0.1, 0.15) is 0 Å². The third kappa shape index (κ3) is 4.94. The number of anilines is 1. The molecule has 2 unspecified atom stereocenters. The number of rotatable bonds is 7. The smallest absolute Gasteiger partial charge is 0.255 e. The molecule has 0 aliphatic heterocycles. The first-order valence-electron chi connectivity index (χ1n) is 8.00. The Morgan fingerprint density at radius 2 is 1.87 bits per heavy atom. The van der Waals surface area contributed by atoms with Gasteiger partial charge in [0.25, 0.3) is 5.91 Å². The van der Waals surface area contributed by atoms with Crippen molar-refractivity contribution < 1.29 is 9.59 Å². The summed E-state index contributed by atoms with van der Waals surface area (Å²) in [5, 5.41) is 3.06. The monoisotopic (exact) mass is 339 g/mol. The molecule has 0 saturated carbocycles. The van der Waals surface area contributed by atoms with E-state index in [0.29, 0.717) is 29.4 Å². The fourth-order valence-electron chi connectivity index (χ4n) is 2.19. The van der Waals surface area contributed by atoms with Crippen LogP contribution in [0.25, 0.3) is 0 Å². The third-order valence-corrected chi connectivity index (χ3v) is 4.39. The van der Waals surface area contributed by atoms with Gasteiger partial charge >= 0.3 is 0 Å². The fraction of sp³-hybridized carbons (Fsp3) is 0.529. The molecule has 0 fully saturated rings. The maximum atomic E-state index is 12.3. The quantitative estimate of drug-likeness (QED) is 0.801. The molecule has 3 N–H and O–H groups in total. The average Bonchev–Trinajstić information content (AvgIpc) is 2.54. The zero-order valence-electron chi connectivity index (χ0n) is 14.2. The normalized spacial score (nSPS) is 13.3. The molecule has 6 heteroatoms. The van der Waals surface area contributed by atoms with Crippen molar-refractivity contribution in [3.63, 3.8) is 0 Å². The van der Waals surface area contributed by atoms with Gasteiger partial charge in [-0.1, -0.05) is 31.9 Å². The second-order valence-electron chi connectivity index (χ2n) is 5.57. The van der Waals surface area contributed by atoms with Crippen molar-refractivity contribution >= 4 is 29.1 Å². The summed E-state index contributed by atoms with van der Waals surface area (Å²) in [6.45, 7) is 8.99. The number of nitrogens with zero attached hydrogens (tertiary/aromatic N) is 1. The van der Waals surface area contributed by atoms with E-state index < -0.39 is 6.04 Å². The molecule has 128 valence electrons. The molecule has 0 saturated heterocycles. The van der Waals surface area contributed by atoms with Crippen LogP contribution < -0.4 is 11.1 Å². The highest BCUT2D eigenvalue weighted by atomic mass is 35.5. The summed E-state index contributed by atoms with van der Waals surface area (Å²) in [6.07, 6.45) is 0.826. The van der Waals surface area contributed by atoms with Crippen molar-refractivity contribution in [3.8, 4) is 0 Å². The van der Waals surface area contributed by atoms with Crippen LogP contribution in [0.2, 0.25) is 5.02 Å². The van der Waals surface area contributed by atoms with E-state index >= 15 is 0 Å². The van der Waals surface area contributed by atoms with Gasteiger partial charge < -0.3 is 16.0 Å². The van der Waals surface area contributed by atoms with Gasteiger partial charge in [-0.2, -0.15) is 0 Å². The minimum Gasteiger partial charge on any atom is -0.339 e. The first-order chi connectivity index (χ1) is 10.8. The number of hydrogen-bond acceptors (Lipinski definition) is 3. The van der Waals surface area contributed by atoms with Crippen LogP contribution in [0.1, 0.15) is 44.5 Å². The zero-order chi connectivity index (χ0) is 17.6. The lowest BCUT2D eigenvalue weighted by Gasteiger charge is -2.20. The summed E-state index contributed by atoms with van der Waals surface area (Å²) in [5.74, 6) is -0.276. The lowest BCUT2D eigenvalue weighted by molar-refractivity contribution is -0.118. The summed E-state index contributed by atoms with van der Waals surface area (Å²) in [5.41, 5.74) is 6.87. The summed E-state index contributed by atoms with van der Waals surface area (Å²) in [4.78, 5) is 26.1. The lowest BCUT2D eigenvalue weighted by Crippen LogP contribution is -2.40. The van der Waals surface area contributed by atoms with Gasteiger partial charge in [0, 0.05) is 18.8 Å². The van der Waals surface area contributed by atoms with Crippen LogP contribution in [0.5, 0.6) is 0 Å². The molecule has 0 spiro atoms.